The second-order valence-electron chi connectivity index (χ2n) is 4.93. The quantitative estimate of drug-likeness (QED) is 0.738. The molecule has 1 fully saturated rings. The van der Waals surface area contributed by atoms with E-state index in [2.05, 4.69) is 35.1 Å². The first-order valence-corrected chi connectivity index (χ1v) is 8.06. The summed E-state index contributed by atoms with van der Waals surface area (Å²) in [6.07, 6.45) is 4.70. The molecule has 0 spiro atoms. The summed E-state index contributed by atoms with van der Waals surface area (Å²) in [5, 5.41) is 0.764. The lowest BCUT2D eigenvalue weighted by atomic mass is 10.0. The van der Waals surface area contributed by atoms with Crippen molar-refractivity contribution in [3.8, 4) is 11.1 Å². The number of hydrogen-bond acceptors (Lipinski definition) is 2. The van der Waals surface area contributed by atoms with Crippen LogP contribution in [0.3, 0.4) is 0 Å². The van der Waals surface area contributed by atoms with Crippen molar-refractivity contribution in [1.29, 1.82) is 0 Å². The SMILES string of the molecule is CSNc1cc(Cl)cc(-c2ccc(C3CC3)cc2)c1. The molecule has 0 unspecified atom stereocenters. The zero-order valence-corrected chi connectivity index (χ0v) is 12.4. The van der Waals surface area contributed by atoms with Gasteiger partial charge in [-0.15, -0.1) is 0 Å². The van der Waals surface area contributed by atoms with Gasteiger partial charge in [0.25, 0.3) is 0 Å². The van der Waals surface area contributed by atoms with Crippen molar-refractivity contribution in [3.05, 3.63) is 53.1 Å². The summed E-state index contributed by atoms with van der Waals surface area (Å²) in [5.41, 5.74) is 4.89. The van der Waals surface area contributed by atoms with E-state index in [4.69, 9.17) is 11.6 Å². The van der Waals surface area contributed by atoms with Gasteiger partial charge in [-0.3, -0.25) is 0 Å². The van der Waals surface area contributed by atoms with Gasteiger partial charge in [0, 0.05) is 17.0 Å². The molecule has 0 aromatic heterocycles. The Morgan fingerprint density at radius 1 is 1.05 bits per heavy atom. The molecule has 0 heterocycles. The molecule has 2 aromatic rings. The molecular formula is C16H16ClNS. The Balaban J connectivity index is 1.91. The fourth-order valence-electron chi connectivity index (χ4n) is 2.30. The van der Waals surface area contributed by atoms with Gasteiger partial charge in [-0.1, -0.05) is 47.8 Å². The molecule has 0 bridgehead atoms. The highest BCUT2D eigenvalue weighted by Crippen LogP contribution is 2.40. The predicted molar refractivity (Wildman–Crippen MR) is 86.0 cm³/mol. The Labute approximate surface area is 123 Å². The minimum Gasteiger partial charge on any atom is -0.330 e. The van der Waals surface area contributed by atoms with E-state index < -0.39 is 0 Å². The average Bonchev–Trinajstić information content (AvgIpc) is 3.23. The Kier molecular flexibility index (Phi) is 3.72. The highest BCUT2D eigenvalue weighted by atomic mass is 35.5. The van der Waals surface area contributed by atoms with E-state index in [9.17, 15) is 0 Å². The van der Waals surface area contributed by atoms with Crippen LogP contribution in [-0.2, 0) is 0 Å². The molecule has 1 N–H and O–H groups in total. The van der Waals surface area contributed by atoms with Crippen molar-refractivity contribution in [1.82, 2.24) is 0 Å². The zero-order valence-electron chi connectivity index (χ0n) is 10.8. The Morgan fingerprint density at radius 2 is 1.79 bits per heavy atom. The van der Waals surface area contributed by atoms with Crippen LogP contribution in [-0.4, -0.2) is 6.26 Å². The van der Waals surface area contributed by atoms with Crippen LogP contribution in [0.4, 0.5) is 5.69 Å². The van der Waals surface area contributed by atoms with Crippen LogP contribution < -0.4 is 4.72 Å². The Morgan fingerprint density at radius 3 is 2.42 bits per heavy atom. The number of halogens is 1. The van der Waals surface area contributed by atoms with Crippen LogP contribution >= 0.6 is 23.5 Å². The summed E-state index contributed by atoms with van der Waals surface area (Å²) in [7, 11) is 0. The van der Waals surface area contributed by atoms with E-state index in [1.165, 1.54) is 24.0 Å². The van der Waals surface area contributed by atoms with Crippen LogP contribution in [0.2, 0.25) is 5.02 Å². The van der Waals surface area contributed by atoms with Gasteiger partial charge in [-0.2, -0.15) is 0 Å². The molecule has 1 aliphatic carbocycles. The van der Waals surface area contributed by atoms with E-state index in [1.54, 1.807) is 11.9 Å². The first kappa shape index (κ1) is 12.9. The number of nitrogens with one attached hydrogen (secondary N) is 1. The third kappa shape index (κ3) is 3.07. The average molecular weight is 290 g/mol. The van der Waals surface area contributed by atoms with Crippen LogP contribution in [0.25, 0.3) is 11.1 Å². The van der Waals surface area contributed by atoms with Gasteiger partial charge in [0.1, 0.15) is 0 Å². The van der Waals surface area contributed by atoms with Gasteiger partial charge in [0.05, 0.1) is 0 Å². The predicted octanol–water partition coefficient (Wildman–Crippen LogP) is 5.57. The first-order chi connectivity index (χ1) is 9.26. The van der Waals surface area contributed by atoms with Crippen LogP contribution in [0.1, 0.15) is 24.3 Å². The summed E-state index contributed by atoms with van der Waals surface area (Å²) in [6, 6.07) is 15.0. The van der Waals surface area contributed by atoms with Crippen molar-refractivity contribution in [2.75, 3.05) is 11.0 Å². The van der Waals surface area contributed by atoms with Gasteiger partial charge in [0.2, 0.25) is 0 Å². The summed E-state index contributed by atoms with van der Waals surface area (Å²) < 4.78 is 3.23. The van der Waals surface area contributed by atoms with Crippen molar-refractivity contribution >= 4 is 29.2 Å². The largest absolute Gasteiger partial charge is 0.330 e. The fourth-order valence-corrected chi connectivity index (χ4v) is 2.89. The second-order valence-corrected chi connectivity index (χ2v) is 5.98. The molecular weight excluding hydrogens is 274 g/mol. The lowest BCUT2D eigenvalue weighted by Crippen LogP contribution is -1.87. The van der Waals surface area contributed by atoms with Crippen LogP contribution in [0.5, 0.6) is 0 Å². The van der Waals surface area contributed by atoms with Gasteiger partial charge < -0.3 is 4.72 Å². The van der Waals surface area contributed by atoms with Crippen molar-refractivity contribution in [2.45, 2.75) is 18.8 Å². The number of hydrogen-bond donors (Lipinski definition) is 1. The lowest BCUT2D eigenvalue weighted by molar-refractivity contribution is 1.13. The molecule has 19 heavy (non-hydrogen) atoms. The van der Waals surface area contributed by atoms with Crippen molar-refractivity contribution in [3.63, 3.8) is 0 Å². The molecule has 1 saturated carbocycles. The van der Waals surface area contributed by atoms with Gasteiger partial charge in [-0.25, -0.2) is 0 Å². The van der Waals surface area contributed by atoms with Gasteiger partial charge >= 0.3 is 0 Å². The van der Waals surface area contributed by atoms with E-state index >= 15 is 0 Å². The van der Waals surface area contributed by atoms with Gasteiger partial charge in [0.15, 0.2) is 0 Å². The second kappa shape index (κ2) is 5.48. The third-order valence-corrected chi connectivity index (χ3v) is 4.07. The molecule has 0 amide bonds. The molecule has 1 nitrogen and oxygen atoms in total. The van der Waals surface area contributed by atoms with Gasteiger partial charge in [-0.05, 0) is 53.6 Å². The summed E-state index contributed by atoms with van der Waals surface area (Å²) in [6.45, 7) is 0. The smallest absolute Gasteiger partial charge is 0.0460 e. The lowest BCUT2D eigenvalue weighted by Gasteiger charge is -2.08. The van der Waals surface area contributed by atoms with Crippen LogP contribution in [0, 0.1) is 0 Å². The molecule has 0 saturated heterocycles. The maximum Gasteiger partial charge on any atom is 0.0460 e. The maximum absolute atomic E-state index is 6.18. The molecule has 0 atom stereocenters. The highest BCUT2D eigenvalue weighted by Gasteiger charge is 2.22. The summed E-state index contributed by atoms with van der Waals surface area (Å²) in [5.74, 6) is 0.808. The standard InChI is InChI=1S/C16H16ClNS/c1-19-18-16-9-14(8-15(17)10-16)13-6-4-12(5-7-13)11-2-3-11/h4-11,18H,2-3H2,1H3. The summed E-state index contributed by atoms with van der Waals surface area (Å²) >= 11 is 7.75. The van der Waals surface area contributed by atoms with E-state index in [-0.39, 0.29) is 0 Å². The zero-order chi connectivity index (χ0) is 13.2. The maximum atomic E-state index is 6.18. The molecule has 1 aliphatic rings. The van der Waals surface area contributed by atoms with E-state index in [0.717, 1.165) is 22.2 Å². The highest BCUT2D eigenvalue weighted by molar-refractivity contribution is 7.99. The normalized spacial score (nSPS) is 14.4. The molecule has 3 rings (SSSR count). The molecule has 0 radical (unpaired) electrons. The molecule has 0 aliphatic heterocycles. The number of anilines is 1. The number of rotatable bonds is 4. The minimum absolute atomic E-state index is 0.764. The monoisotopic (exact) mass is 289 g/mol. The Bertz CT molecular complexity index is 576. The van der Waals surface area contributed by atoms with Crippen LogP contribution in [0.15, 0.2) is 42.5 Å². The molecule has 3 heteroatoms. The van der Waals surface area contributed by atoms with E-state index in [0.29, 0.717) is 0 Å². The van der Waals surface area contributed by atoms with Crippen molar-refractivity contribution < 1.29 is 0 Å². The minimum atomic E-state index is 0.764. The topological polar surface area (TPSA) is 12.0 Å². The number of benzene rings is 2. The van der Waals surface area contributed by atoms with E-state index in [1.807, 2.05) is 18.4 Å². The fraction of sp³-hybridized carbons (Fsp3) is 0.250. The molecule has 98 valence electrons. The third-order valence-electron chi connectivity index (χ3n) is 3.41. The molecule has 2 aromatic carbocycles. The Hall–Kier alpha value is -1.12. The first-order valence-electron chi connectivity index (χ1n) is 6.46. The van der Waals surface area contributed by atoms with Crippen molar-refractivity contribution in [2.24, 2.45) is 0 Å². The summed E-state index contributed by atoms with van der Waals surface area (Å²) in [4.78, 5) is 0.